The first-order valence-electron chi connectivity index (χ1n) is 15.0. The van der Waals surface area contributed by atoms with Gasteiger partial charge in [-0.25, -0.2) is 11.1 Å². The smallest absolute Gasteiger partial charge is 0 e. The zero-order valence-electron chi connectivity index (χ0n) is 24.7. The number of hydrogen-bond donors (Lipinski definition) is 0. The van der Waals surface area contributed by atoms with Crippen LogP contribution in [0.3, 0.4) is 0 Å². The molecule has 0 aliphatic rings. The van der Waals surface area contributed by atoms with Gasteiger partial charge in [0, 0.05) is 32.7 Å². The van der Waals surface area contributed by atoms with E-state index in [4.69, 9.17) is 0 Å². The van der Waals surface area contributed by atoms with Crippen LogP contribution in [0.5, 0.6) is 0 Å². The summed E-state index contributed by atoms with van der Waals surface area (Å²) < 4.78 is 0. The monoisotopic (exact) mass is 645 g/mol. The van der Waals surface area contributed by atoms with Gasteiger partial charge >= 0.3 is 0 Å². The first-order valence-corrected chi connectivity index (χ1v) is 15.0. The molecule has 0 aliphatic carbocycles. The molecule has 8 aromatic rings. The predicted molar refractivity (Wildman–Crippen MR) is 186 cm³/mol. The molecular weight excluding hydrogens is 617 g/mol. The third-order valence-corrected chi connectivity index (χ3v) is 8.52. The van der Waals surface area contributed by atoms with Crippen molar-refractivity contribution >= 4 is 21.5 Å². The van der Waals surface area contributed by atoms with Gasteiger partial charge in [-0.1, -0.05) is 139 Å². The molecule has 0 unspecified atom stereocenters. The molecule has 0 nitrogen and oxygen atoms in total. The van der Waals surface area contributed by atoms with Crippen molar-refractivity contribution in [1.29, 1.82) is 0 Å². The van der Waals surface area contributed by atoms with Gasteiger partial charge in [0.1, 0.15) is 0 Å². The maximum Gasteiger partial charge on any atom is 0 e. The summed E-state index contributed by atoms with van der Waals surface area (Å²) >= 11 is 0. The van der Waals surface area contributed by atoms with E-state index in [2.05, 4.69) is 170 Å². The maximum atomic E-state index is 3.61. The standard InChI is InChI=1S/C44H28.Y/c1-3-16-31(17-4-1)33-20-15-21-34(30-33)36-23-8-10-25-38(36)44-41-28-13-11-26-39(41)43(40-27-12-14-29-42(40)44)37-24-9-7-22-35(37)32-18-5-2-6-19-32;/h1-20,22,24-30H;/q-2;. The van der Waals surface area contributed by atoms with E-state index in [-0.39, 0.29) is 32.7 Å². The Balaban J connectivity index is 0.00000325. The minimum Gasteiger partial charge on any atom is -0.225 e. The summed E-state index contributed by atoms with van der Waals surface area (Å²) in [6.07, 6.45) is 0. The van der Waals surface area contributed by atoms with Crippen molar-refractivity contribution in [3.63, 3.8) is 0 Å². The van der Waals surface area contributed by atoms with Crippen LogP contribution >= 0.6 is 0 Å². The summed E-state index contributed by atoms with van der Waals surface area (Å²) in [5.74, 6) is 0. The van der Waals surface area contributed by atoms with Gasteiger partial charge in [-0.3, -0.25) is 0 Å². The van der Waals surface area contributed by atoms with Gasteiger partial charge in [0.05, 0.1) is 0 Å². The van der Waals surface area contributed by atoms with Crippen LogP contribution in [0.4, 0.5) is 0 Å². The quantitative estimate of drug-likeness (QED) is 0.129. The third-order valence-electron chi connectivity index (χ3n) is 8.52. The van der Waals surface area contributed by atoms with Crippen molar-refractivity contribution in [1.82, 2.24) is 0 Å². The van der Waals surface area contributed by atoms with Gasteiger partial charge in [0.2, 0.25) is 0 Å². The first kappa shape index (κ1) is 29.1. The van der Waals surface area contributed by atoms with Gasteiger partial charge < -0.3 is 0 Å². The van der Waals surface area contributed by atoms with E-state index in [9.17, 15) is 0 Å². The molecule has 0 bridgehead atoms. The fraction of sp³-hybridized carbons (Fsp3) is 0. The van der Waals surface area contributed by atoms with Crippen LogP contribution in [0.15, 0.2) is 170 Å². The van der Waals surface area contributed by atoms with Crippen LogP contribution < -0.4 is 0 Å². The van der Waals surface area contributed by atoms with Crippen molar-refractivity contribution in [2.24, 2.45) is 0 Å². The van der Waals surface area contributed by atoms with Crippen molar-refractivity contribution in [2.45, 2.75) is 0 Å². The molecule has 45 heavy (non-hydrogen) atoms. The minimum absolute atomic E-state index is 0. The fourth-order valence-corrected chi connectivity index (χ4v) is 6.57. The molecular formula is C44H28Y-2. The topological polar surface area (TPSA) is 0 Å². The molecule has 8 aromatic carbocycles. The molecule has 1 heteroatoms. The molecule has 8 rings (SSSR count). The average Bonchev–Trinajstić information content (AvgIpc) is 3.11. The summed E-state index contributed by atoms with van der Waals surface area (Å²) in [6, 6.07) is 67.6. The van der Waals surface area contributed by atoms with E-state index < -0.39 is 0 Å². The van der Waals surface area contributed by atoms with Crippen molar-refractivity contribution in [3.05, 3.63) is 182 Å². The van der Waals surface area contributed by atoms with Gasteiger partial charge in [0.15, 0.2) is 0 Å². The summed E-state index contributed by atoms with van der Waals surface area (Å²) in [6.45, 7) is 0. The Morgan fingerprint density at radius 3 is 1.44 bits per heavy atom. The molecule has 0 saturated carbocycles. The van der Waals surface area contributed by atoms with E-state index >= 15 is 0 Å². The second-order valence-corrected chi connectivity index (χ2v) is 11.1. The Hall–Kier alpha value is -4.62. The van der Waals surface area contributed by atoms with Crippen LogP contribution in [0.25, 0.3) is 77.2 Å². The molecule has 0 heterocycles. The van der Waals surface area contributed by atoms with Gasteiger partial charge in [-0.2, -0.15) is 30.3 Å². The number of rotatable bonds is 5. The van der Waals surface area contributed by atoms with Gasteiger partial charge in [0.25, 0.3) is 0 Å². The molecule has 0 fully saturated rings. The van der Waals surface area contributed by atoms with Crippen LogP contribution in [0.2, 0.25) is 0 Å². The Morgan fingerprint density at radius 2 is 0.822 bits per heavy atom. The van der Waals surface area contributed by atoms with E-state index in [1.165, 1.54) is 60.5 Å². The third kappa shape index (κ3) is 5.35. The number of benzene rings is 8. The van der Waals surface area contributed by atoms with Crippen molar-refractivity contribution < 1.29 is 32.7 Å². The zero-order chi connectivity index (χ0) is 29.3. The molecule has 0 aromatic heterocycles. The Labute approximate surface area is 289 Å². The van der Waals surface area contributed by atoms with Crippen molar-refractivity contribution in [3.8, 4) is 55.6 Å². The molecule has 209 valence electrons. The molecule has 0 atom stereocenters. The van der Waals surface area contributed by atoms with Crippen LogP contribution in [-0.4, -0.2) is 0 Å². The normalized spacial score (nSPS) is 10.9. The summed E-state index contributed by atoms with van der Waals surface area (Å²) in [7, 11) is 0. The molecule has 0 N–H and O–H groups in total. The minimum atomic E-state index is 0. The second-order valence-electron chi connectivity index (χ2n) is 11.1. The second kappa shape index (κ2) is 12.8. The van der Waals surface area contributed by atoms with Crippen LogP contribution in [-0.2, 0) is 32.7 Å². The van der Waals surface area contributed by atoms with E-state index in [0.29, 0.717) is 0 Å². The Kier molecular flexibility index (Phi) is 8.27. The average molecular weight is 646 g/mol. The SMILES string of the molecule is [Y].[c-]1ccc(-c2ccccc2)cc1-c1[c-]cccc1-c1c2ccccc2c(-c2ccccc2-c2ccccc2)c2ccccc12. The molecule has 0 amide bonds. The molecule has 1 radical (unpaired) electrons. The predicted octanol–water partition coefficient (Wildman–Crippen LogP) is 11.9. The number of hydrogen-bond acceptors (Lipinski definition) is 0. The summed E-state index contributed by atoms with van der Waals surface area (Å²) in [4.78, 5) is 0. The van der Waals surface area contributed by atoms with Gasteiger partial charge in [-0.05, 0) is 49.4 Å². The Morgan fingerprint density at radius 1 is 0.333 bits per heavy atom. The molecule has 0 saturated heterocycles. The first-order chi connectivity index (χ1) is 21.9. The van der Waals surface area contributed by atoms with Gasteiger partial charge in [-0.15, -0.1) is 29.3 Å². The fourth-order valence-electron chi connectivity index (χ4n) is 6.57. The number of fused-ring (bicyclic) bond motifs is 2. The maximum absolute atomic E-state index is 3.61. The van der Waals surface area contributed by atoms with E-state index in [1.54, 1.807) is 0 Å². The zero-order valence-corrected chi connectivity index (χ0v) is 27.6. The summed E-state index contributed by atoms with van der Waals surface area (Å²) in [5.41, 5.74) is 11.8. The largest absolute Gasteiger partial charge is 0.225 e. The van der Waals surface area contributed by atoms with E-state index in [1.807, 2.05) is 12.1 Å². The summed E-state index contributed by atoms with van der Waals surface area (Å²) in [5, 5.41) is 4.93. The van der Waals surface area contributed by atoms with E-state index in [0.717, 1.165) is 16.7 Å². The van der Waals surface area contributed by atoms with Crippen LogP contribution in [0.1, 0.15) is 0 Å². The van der Waals surface area contributed by atoms with Crippen LogP contribution in [0, 0.1) is 12.1 Å². The molecule has 0 spiro atoms. The Bertz CT molecular complexity index is 2210. The molecule has 0 aliphatic heterocycles. The van der Waals surface area contributed by atoms with Crippen molar-refractivity contribution in [2.75, 3.05) is 0 Å².